The number of thiophene rings is 1. The molecule has 1 fully saturated rings. The summed E-state index contributed by atoms with van der Waals surface area (Å²) in [7, 11) is 0. The van der Waals surface area contributed by atoms with Crippen LogP contribution in [-0.4, -0.2) is 63.3 Å². The average molecular weight is 353 g/mol. The Morgan fingerprint density at radius 1 is 1.33 bits per heavy atom. The van der Waals surface area contributed by atoms with E-state index in [2.05, 4.69) is 53.8 Å². The van der Waals surface area contributed by atoms with Crippen LogP contribution in [0.3, 0.4) is 0 Å². The Bertz CT molecular complexity index is 471. The first kappa shape index (κ1) is 19.2. The van der Waals surface area contributed by atoms with Gasteiger partial charge in [0, 0.05) is 50.1 Å². The fraction of sp³-hybridized carbons (Fsp3) is 0.722. The van der Waals surface area contributed by atoms with Gasteiger partial charge in [0.25, 0.3) is 0 Å². The fourth-order valence-corrected chi connectivity index (χ4v) is 3.58. The van der Waals surface area contributed by atoms with E-state index in [4.69, 9.17) is 9.73 Å². The SMILES string of the molecule is CCNC(=NCC(C)CN1CCOCC1)NCC(C)c1cccs1. The minimum Gasteiger partial charge on any atom is -0.379 e. The zero-order valence-corrected chi connectivity index (χ0v) is 16.1. The van der Waals surface area contributed by atoms with Gasteiger partial charge in [0.2, 0.25) is 0 Å². The molecule has 2 atom stereocenters. The number of ether oxygens (including phenoxy) is 1. The van der Waals surface area contributed by atoms with Crippen molar-refractivity contribution in [3.05, 3.63) is 22.4 Å². The van der Waals surface area contributed by atoms with Gasteiger partial charge in [-0.1, -0.05) is 19.9 Å². The van der Waals surface area contributed by atoms with Gasteiger partial charge in [0.05, 0.1) is 13.2 Å². The maximum absolute atomic E-state index is 5.41. The van der Waals surface area contributed by atoms with E-state index in [0.717, 1.165) is 58.4 Å². The monoisotopic (exact) mass is 352 g/mol. The molecule has 0 bridgehead atoms. The molecule has 2 unspecified atom stereocenters. The minimum atomic E-state index is 0.500. The van der Waals surface area contributed by atoms with Crippen molar-refractivity contribution >= 4 is 17.3 Å². The number of aliphatic imine (C=N–C) groups is 1. The standard InChI is InChI=1S/C18H32N4OS/c1-4-19-18(21-13-16(3)17-6-5-11-24-17)20-12-15(2)14-22-7-9-23-10-8-22/h5-6,11,15-16H,4,7-10,12-14H2,1-3H3,(H2,19,20,21). The van der Waals surface area contributed by atoms with E-state index < -0.39 is 0 Å². The van der Waals surface area contributed by atoms with Gasteiger partial charge in [-0.25, -0.2) is 0 Å². The van der Waals surface area contributed by atoms with Crippen molar-refractivity contribution in [2.24, 2.45) is 10.9 Å². The third kappa shape index (κ3) is 6.79. The zero-order chi connectivity index (χ0) is 17.2. The predicted molar refractivity (Wildman–Crippen MR) is 103 cm³/mol. The molecule has 2 N–H and O–H groups in total. The van der Waals surface area contributed by atoms with Crippen molar-refractivity contribution in [3.63, 3.8) is 0 Å². The summed E-state index contributed by atoms with van der Waals surface area (Å²) in [5, 5.41) is 8.97. The largest absolute Gasteiger partial charge is 0.379 e. The molecule has 0 spiro atoms. The number of hydrogen-bond donors (Lipinski definition) is 2. The maximum Gasteiger partial charge on any atom is 0.191 e. The van der Waals surface area contributed by atoms with Gasteiger partial charge in [-0.05, 0) is 24.3 Å². The lowest BCUT2D eigenvalue weighted by molar-refractivity contribution is 0.0323. The van der Waals surface area contributed by atoms with E-state index in [-0.39, 0.29) is 0 Å². The molecule has 0 aromatic carbocycles. The number of morpholine rings is 1. The molecule has 136 valence electrons. The Kier molecular flexibility index (Phi) is 8.56. The van der Waals surface area contributed by atoms with Crippen LogP contribution in [0.5, 0.6) is 0 Å². The fourth-order valence-electron chi connectivity index (χ4n) is 2.79. The molecule has 1 aliphatic heterocycles. The summed E-state index contributed by atoms with van der Waals surface area (Å²) in [5.41, 5.74) is 0. The van der Waals surface area contributed by atoms with E-state index >= 15 is 0 Å². The third-order valence-corrected chi connectivity index (χ3v) is 5.29. The zero-order valence-electron chi connectivity index (χ0n) is 15.3. The predicted octanol–water partition coefficient (Wildman–Crippen LogP) is 2.38. The molecule has 1 saturated heterocycles. The molecule has 24 heavy (non-hydrogen) atoms. The summed E-state index contributed by atoms with van der Waals surface area (Å²) in [6.07, 6.45) is 0. The van der Waals surface area contributed by atoms with Gasteiger partial charge in [0.15, 0.2) is 5.96 Å². The molecule has 5 nitrogen and oxygen atoms in total. The molecule has 2 heterocycles. The van der Waals surface area contributed by atoms with E-state index in [1.165, 1.54) is 4.88 Å². The van der Waals surface area contributed by atoms with E-state index in [9.17, 15) is 0 Å². The first-order valence-electron chi connectivity index (χ1n) is 9.04. The molecule has 0 aliphatic carbocycles. The normalized spacial score (nSPS) is 19.0. The molecule has 0 amide bonds. The summed E-state index contributed by atoms with van der Waals surface area (Å²) in [6, 6.07) is 4.31. The van der Waals surface area contributed by atoms with Gasteiger partial charge >= 0.3 is 0 Å². The molecule has 6 heteroatoms. The highest BCUT2D eigenvalue weighted by Gasteiger charge is 2.14. The Morgan fingerprint density at radius 3 is 2.79 bits per heavy atom. The van der Waals surface area contributed by atoms with Crippen LogP contribution in [0.15, 0.2) is 22.5 Å². The third-order valence-electron chi connectivity index (χ3n) is 4.18. The first-order chi connectivity index (χ1) is 11.7. The van der Waals surface area contributed by atoms with Gasteiger partial charge < -0.3 is 15.4 Å². The number of hydrogen-bond acceptors (Lipinski definition) is 4. The van der Waals surface area contributed by atoms with Crippen molar-refractivity contribution in [1.29, 1.82) is 0 Å². The number of guanidine groups is 1. The van der Waals surface area contributed by atoms with Gasteiger partial charge in [-0.2, -0.15) is 0 Å². The Morgan fingerprint density at radius 2 is 2.12 bits per heavy atom. The quantitative estimate of drug-likeness (QED) is 0.557. The highest BCUT2D eigenvalue weighted by molar-refractivity contribution is 7.10. The Balaban J connectivity index is 1.76. The maximum atomic E-state index is 5.41. The second kappa shape index (κ2) is 10.7. The molecule has 1 aromatic heterocycles. The van der Waals surface area contributed by atoms with Crippen molar-refractivity contribution in [1.82, 2.24) is 15.5 Å². The lowest BCUT2D eigenvalue weighted by Crippen LogP contribution is -2.41. The van der Waals surface area contributed by atoms with Crippen molar-refractivity contribution < 1.29 is 4.74 Å². The Hall–Kier alpha value is -1.11. The van der Waals surface area contributed by atoms with Crippen LogP contribution >= 0.6 is 11.3 Å². The van der Waals surface area contributed by atoms with E-state index in [1.807, 2.05) is 11.3 Å². The summed E-state index contributed by atoms with van der Waals surface area (Å²) >= 11 is 1.82. The van der Waals surface area contributed by atoms with Crippen LogP contribution in [0.25, 0.3) is 0 Å². The summed E-state index contributed by atoms with van der Waals surface area (Å²) in [6.45, 7) is 14.2. The number of nitrogens with one attached hydrogen (secondary N) is 2. The topological polar surface area (TPSA) is 48.9 Å². The van der Waals surface area contributed by atoms with Crippen LogP contribution in [0.2, 0.25) is 0 Å². The van der Waals surface area contributed by atoms with E-state index in [0.29, 0.717) is 11.8 Å². The molecule has 2 rings (SSSR count). The van der Waals surface area contributed by atoms with Crippen LogP contribution in [0.1, 0.15) is 31.6 Å². The molecule has 1 aromatic rings. The first-order valence-corrected chi connectivity index (χ1v) is 9.92. The molecule has 0 saturated carbocycles. The van der Waals surface area contributed by atoms with E-state index in [1.54, 1.807) is 0 Å². The molecule has 1 aliphatic rings. The molecular weight excluding hydrogens is 320 g/mol. The minimum absolute atomic E-state index is 0.500. The van der Waals surface area contributed by atoms with Crippen LogP contribution < -0.4 is 10.6 Å². The Labute approximate surface area is 150 Å². The van der Waals surface area contributed by atoms with Gasteiger partial charge in [-0.15, -0.1) is 11.3 Å². The van der Waals surface area contributed by atoms with Gasteiger partial charge in [-0.3, -0.25) is 9.89 Å². The summed E-state index contributed by atoms with van der Waals surface area (Å²) in [4.78, 5) is 8.66. The summed E-state index contributed by atoms with van der Waals surface area (Å²) in [5.74, 6) is 1.97. The van der Waals surface area contributed by atoms with Gasteiger partial charge in [0.1, 0.15) is 0 Å². The van der Waals surface area contributed by atoms with Crippen LogP contribution in [0.4, 0.5) is 0 Å². The number of nitrogens with zero attached hydrogens (tertiary/aromatic N) is 2. The molecule has 0 radical (unpaired) electrons. The lowest BCUT2D eigenvalue weighted by Gasteiger charge is -2.28. The van der Waals surface area contributed by atoms with Crippen molar-refractivity contribution in [2.75, 3.05) is 52.5 Å². The highest BCUT2D eigenvalue weighted by Crippen LogP contribution is 2.19. The van der Waals surface area contributed by atoms with Crippen LogP contribution in [-0.2, 0) is 4.74 Å². The highest BCUT2D eigenvalue weighted by atomic mass is 32.1. The van der Waals surface area contributed by atoms with Crippen LogP contribution in [0, 0.1) is 5.92 Å². The summed E-state index contributed by atoms with van der Waals surface area (Å²) < 4.78 is 5.41. The number of rotatable bonds is 8. The van der Waals surface area contributed by atoms with Crippen molar-refractivity contribution in [2.45, 2.75) is 26.7 Å². The smallest absolute Gasteiger partial charge is 0.191 e. The average Bonchev–Trinajstić information content (AvgIpc) is 3.12. The second-order valence-corrected chi connectivity index (χ2v) is 7.51. The lowest BCUT2D eigenvalue weighted by atomic mass is 10.1. The second-order valence-electron chi connectivity index (χ2n) is 6.54. The van der Waals surface area contributed by atoms with Crippen molar-refractivity contribution in [3.8, 4) is 0 Å². The molecular formula is C18H32N4OS.